The molecular formula is C121H120F4N6. The topological polar surface area (TPSA) is 21.0 Å². The van der Waals surface area contributed by atoms with Gasteiger partial charge in [0, 0.05) is 22.4 Å². The number of allylic oxidation sites excluding steroid dienone is 8. The fourth-order valence-electron chi connectivity index (χ4n) is 20.5. The predicted octanol–water partition coefficient (Wildman–Crippen LogP) is 27.3. The molecule has 0 bridgehead atoms. The van der Waals surface area contributed by atoms with Crippen LogP contribution in [0.4, 0.5) is 17.6 Å². The Hall–Kier alpha value is -13.7. The molecule has 0 amide bonds. The number of benzene rings is 10. The van der Waals surface area contributed by atoms with E-state index in [-0.39, 0.29) is 27.9 Å². The summed E-state index contributed by atoms with van der Waals surface area (Å²) in [4.78, 5) is 0. The van der Waals surface area contributed by atoms with E-state index in [1.807, 2.05) is 47.2 Å². The van der Waals surface area contributed by atoms with Crippen LogP contribution in [0.1, 0.15) is 217 Å². The standard InChI is InChI=1S/C32H27N.C25H31N.C19H23N.C15H11F4N.C15H15N.C15H13N/c1-21-13-14-23(19-28(21)31-25-10-6-5-9-22(25)17-18-33(31)4)24-15-16-27-26-11-7-8-12-29(26)32(2,3)30(27)20-24;1-4-5-6-7-8-9-12-21-15-16-23(20(2)19-21)25-24-14-11-10-13-22(24)17-18-26(25)3;1-13-9-7-10-14-16(13)17-15(11-8-12-20(17)6)19(4,5)18(14,2)3;1-9-5-3-6-10-12(9)13-11(7-4-8-20(13)2)15(18,19)14(10,16)17;2*1-11-5-3-6-12-8-9-13-7-4-10-16(2)15(13)14(11)12/h5-20H,4H2,1-3H3;10-11,13-19H,3-9,12H2,1-2H3;7-12H,6H2,1-5H3;3-8H,2H2,1H3;3-7,10H,2,8-9H2,1H3;3-10H,2H2,1H3. The molecule has 5 aliphatic heterocycles. The van der Waals surface area contributed by atoms with Crippen molar-refractivity contribution in [1.82, 2.24) is 0 Å². The third-order valence-electron chi connectivity index (χ3n) is 28.3. The zero-order valence-corrected chi connectivity index (χ0v) is 78.2. The third kappa shape index (κ3) is 16.8. The van der Waals surface area contributed by atoms with Gasteiger partial charge in [-0.3, -0.25) is 13.7 Å². The minimum atomic E-state index is -4.26. The Bertz CT molecular complexity index is 6760. The monoisotopic (exact) mass is 1730 g/mol. The zero-order chi connectivity index (χ0) is 92.8. The van der Waals surface area contributed by atoms with Gasteiger partial charge in [0.25, 0.3) is 0 Å². The average molecular weight is 1730 g/mol. The summed E-state index contributed by atoms with van der Waals surface area (Å²) in [5, 5.41) is 2.51. The normalized spacial score (nSPS) is 17.1. The maximum atomic E-state index is 14.2. The highest BCUT2D eigenvalue weighted by Crippen LogP contribution is 2.60. The minimum absolute atomic E-state index is 0.00144. The van der Waals surface area contributed by atoms with Crippen molar-refractivity contribution in [2.24, 2.45) is 5.41 Å². The van der Waals surface area contributed by atoms with Gasteiger partial charge in [0.2, 0.25) is 0 Å². The number of aryl methyl sites for hydroxylation is 7. The summed E-state index contributed by atoms with van der Waals surface area (Å²) >= 11 is 0. The first-order valence-corrected chi connectivity index (χ1v) is 46.0. The van der Waals surface area contributed by atoms with Crippen LogP contribution in [0.25, 0.3) is 51.4 Å². The molecule has 5 aliphatic carbocycles. The van der Waals surface area contributed by atoms with Crippen LogP contribution < -0.4 is 9.46 Å². The molecule has 6 heterocycles. The number of aromatic nitrogens is 1. The Morgan fingerprint density at radius 3 is 1.61 bits per heavy atom. The molecule has 662 valence electrons. The van der Waals surface area contributed by atoms with Crippen LogP contribution in [-0.4, -0.2) is 62.4 Å². The maximum Gasteiger partial charge on any atom is 0.329 e. The molecule has 10 aromatic carbocycles. The quantitative estimate of drug-likeness (QED) is 0.0563. The van der Waals surface area contributed by atoms with Crippen molar-refractivity contribution in [2.75, 3.05) is 0 Å². The first-order valence-electron chi connectivity index (χ1n) is 46.0. The van der Waals surface area contributed by atoms with Gasteiger partial charge in [0.05, 0.1) is 33.6 Å². The number of hydrogen-bond acceptors (Lipinski definition) is 0. The third-order valence-corrected chi connectivity index (χ3v) is 28.3. The maximum absolute atomic E-state index is 14.2. The zero-order valence-electron chi connectivity index (χ0n) is 78.2. The van der Waals surface area contributed by atoms with Gasteiger partial charge in [-0.1, -0.05) is 420 Å². The molecule has 0 saturated carbocycles. The summed E-state index contributed by atoms with van der Waals surface area (Å²) in [6.45, 7) is 53.4. The highest BCUT2D eigenvalue weighted by atomic mass is 19.3. The minimum Gasteiger partial charge on any atom is -0.255 e. The molecular weight excluding hydrogens is 1610 g/mol. The second-order valence-electron chi connectivity index (χ2n) is 37.6. The lowest BCUT2D eigenvalue weighted by Crippen LogP contribution is -2.48. The summed E-state index contributed by atoms with van der Waals surface area (Å²) in [5.74, 6) is -7.20. The molecule has 0 unspecified atom stereocenters. The van der Waals surface area contributed by atoms with Gasteiger partial charge < -0.3 is 0 Å². The van der Waals surface area contributed by atoms with Crippen molar-refractivity contribution in [2.45, 2.75) is 170 Å². The predicted molar refractivity (Wildman–Crippen MR) is 536 cm³/mol. The second-order valence-corrected chi connectivity index (χ2v) is 37.6. The fraction of sp³-hybridized carbons (Fsp3) is 0.223. The molecule has 0 saturated heterocycles. The Balaban J connectivity index is 0.000000117. The molecule has 131 heavy (non-hydrogen) atoms. The lowest BCUT2D eigenvalue weighted by atomic mass is 9.53. The van der Waals surface area contributed by atoms with E-state index in [0.717, 1.165) is 31.0 Å². The lowest BCUT2D eigenvalue weighted by molar-refractivity contribution is -0.468. The van der Waals surface area contributed by atoms with Crippen molar-refractivity contribution in [3.63, 3.8) is 0 Å². The Labute approximate surface area is 774 Å². The van der Waals surface area contributed by atoms with Gasteiger partial charge in [-0.2, -0.15) is 8.78 Å². The van der Waals surface area contributed by atoms with Crippen molar-refractivity contribution >= 4 is 62.7 Å². The SMILES string of the molecule is C=[N+]1C=CC=C2CCc3cccc(C)c3[C-]21.C=[N+]1C=CC=C2[C-]1c1c(C)cccc1C(C)(C)C2(C)C.C=[N+]1C=CC=C2[C-]1c1c(C)cccc1C(F)(F)C2(F)F.C=[N+]1C=Cc2ccccc2[C-]1c1cc(-c2ccc3c(c2)C(C)(C)c2ccccc2-3)ccc1C.C=[N+]1C=Cc2ccccc2[C-]1c1ccc(CCCCCCCC)cc1C.C=[n+]1cccc2ccc3c(c21)[C-](C)C=CC=3. The van der Waals surface area contributed by atoms with Crippen LogP contribution in [0.5, 0.6) is 0 Å². The summed E-state index contributed by atoms with van der Waals surface area (Å²) < 4.78 is 67.9. The van der Waals surface area contributed by atoms with Crippen LogP contribution in [0.2, 0.25) is 0 Å². The van der Waals surface area contributed by atoms with E-state index in [2.05, 4.69) is 372 Å². The number of pyridine rings is 1. The molecule has 10 aliphatic rings. The number of halogens is 4. The first kappa shape index (κ1) is 90.6. The highest BCUT2D eigenvalue weighted by Gasteiger charge is 2.65. The van der Waals surface area contributed by atoms with Crippen molar-refractivity contribution in [1.29, 1.82) is 0 Å². The molecule has 0 atom stereocenters. The summed E-state index contributed by atoms with van der Waals surface area (Å²) in [5.41, 5.74) is 32.7. The van der Waals surface area contributed by atoms with Crippen molar-refractivity contribution < 1.29 is 44.7 Å². The molecule has 0 N–H and O–H groups in total. The van der Waals surface area contributed by atoms with Gasteiger partial charge in [-0.25, -0.2) is 22.2 Å². The molecule has 0 fully saturated rings. The number of alkyl halides is 4. The Kier molecular flexibility index (Phi) is 25.4. The van der Waals surface area contributed by atoms with Gasteiger partial charge in [0.15, 0.2) is 36.4 Å². The molecule has 0 radical (unpaired) electrons. The van der Waals surface area contributed by atoms with E-state index in [0.29, 0.717) is 5.56 Å². The van der Waals surface area contributed by atoms with Gasteiger partial charge >= 0.3 is 11.8 Å². The molecule has 1 aromatic heterocycles. The molecule has 0 spiro atoms. The summed E-state index contributed by atoms with van der Waals surface area (Å²) in [7, 11) is 0. The smallest absolute Gasteiger partial charge is 0.255 e. The van der Waals surface area contributed by atoms with Crippen LogP contribution in [0.3, 0.4) is 0 Å². The fourth-order valence-corrected chi connectivity index (χ4v) is 20.5. The van der Waals surface area contributed by atoms with Crippen molar-refractivity contribution in [3.05, 3.63) is 474 Å². The second kappa shape index (κ2) is 36.7. The number of rotatable bonds is 10. The molecule has 6 nitrogen and oxygen atoms in total. The van der Waals surface area contributed by atoms with Crippen LogP contribution in [0, 0.1) is 82.9 Å². The summed E-state index contributed by atoms with van der Waals surface area (Å²) in [6.07, 6.45) is 44.8. The van der Waals surface area contributed by atoms with Crippen LogP contribution in [-0.2, 0) is 29.6 Å². The average Bonchev–Trinajstić information content (AvgIpc) is 1.32. The molecule has 10 heteroatoms. The van der Waals surface area contributed by atoms with E-state index in [4.69, 9.17) is 0 Å². The van der Waals surface area contributed by atoms with E-state index in [9.17, 15) is 17.6 Å². The van der Waals surface area contributed by atoms with E-state index < -0.39 is 23.0 Å². The van der Waals surface area contributed by atoms with E-state index >= 15 is 0 Å². The first-order chi connectivity index (χ1) is 62.8. The highest BCUT2D eigenvalue weighted by molar-refractivity contribution is 5.85. The Morgan fingerprint density at radius 2 is 0.931 bits per heavy atom. The van der Waals surface area contributed by atoms with Gasteiger partial charge in [0.1, 0.15) is 43.2 Å². The van der Waals surface area contributed by atoms with Crippen LogP contribution >= 0.6 is 0 Å². The molecule has 11 aromatic rings. The largest absolute Gasteiger partial charge is 0.329 e. The van der Waals surface area contributed by atoms with E-state index in [1.54, 1.807) is 13.0 Å². The van der Waals surface area contributed by atoms with Gasteiger partial charge in [-0.15, -0.1) is 29.4 Å². The Morgan fingerprint density at radius 1 is 0.382 bits per heavy atom. The van der Waals surface area contributed by atoms with Gasteiger partial charge in [-0.05, 0) is 138 Å². The van der Waals surface area contributed by atoms with Crippen LogP contribution in [0.15, 0.2) is 309 Å². The number of fused-ring (bicyclic) bond motifs is 17. The molecule has 21 rings (SSSR count). The number of nitrogens with zero attached hydrogens (tertiary/aromatic N) is 6. The van der Waals surface area contributed by atoms with E-state index in [1.165, 1.54) is 242 Å². The number of hydrogen-bond donors (Lipinski definition) is 0. The van der Waals surface area contributed by atoms with Crippen molar-refractivity contribution in [3.8, 4) is 22.3 Å². The summed E-state index contributed by atoms with van der Waals surface area (Å²) in [6, 6.07) is 77.3. The lowest BCUT2D eigenvalue weighted by Gasteiger charge is -2.53. The number of unbranched alkanes of at least 4 members (excludes halogenated alkanes) is 5.